The van der Waals surface area contributed by atoms with Crippen LogP contribution in [0.3, 0.4) is 0 Å². The second kappa shape index (κ2) is 7.28. The number of carbonyl (C=O) groups excluding carboxylic acids is 1. The van der Waals surface area contributed by atoms with Crippen molar-refractivity contribution in [2.45, 2.75) is 19.8 Å². The molecule has 0 aliphatic heterocycles. The zero-order valence-corrected chi connectivity index (χ0v) is 12.2. The van der Waals surface area contributed by atoms with E-state index in [0.717, 1.165) is 24.3 Å². The molecule has 0 saturated carbocycles. The molecule has 0 fully saturated rings. The number of nitrogens with one attached hydrogen (secondary N) is 2. The van der Waals surface area contributed by atoms with Crippen LogP contribution in [0.2, 0.25) is 0 Å². The number of ether oxygens (including phenoxy) is 1. The predicted octanol–water partition coefficient (Wildman–Crippen LogP) is 2.76. The molecule has 1 aromatic carbocycles. The maximum atomic E-state index is 11.7. The van der Waals surface area contributed by atoms with Crippen LogP contribution in [0.25, 0.3) is 0 Å². The number of aryl methyl sites for hydroxylation is 1. The molecule has 110 valence electrons. The van der Waals surface area contributed by atoms with Crippen LogP contribution in [0.15, 0.2) is 47.7 Å². The van der Waals surface area contributed by atoms with Crippen LogP contribution in [0.4, 0.5) is 0 Å². The summed E-state index contributed by atoms with van der Waals surface area (Å²) in [4.78, 5) is 14.5. The molecule has 1 aromatic heterocycles. The van der Waals surface area contributed by atoms with Gasteiger partial charge in [-0.3, -0.25) is 4.79 Å². The fourth-order valence-electron chi connectivity index (χ4n) is 1.85. The fraction of sp³-hybridized carbons (Fsp3) is 0.250. The molecule has 0 aliphatic carbocycles. The van der Waals surface area contributed by atoms with Gasteiger partial charge in [0.25, 0.3) is 5.91 Å². The molecule has 2 rings (SSSR count). The molecule has 1 amide bonds. The number of aromatic amines is 1. The second-order valence-electron chi connectivity index (χ2n) is 4.72. The Morgan fingerprint density at radius 3 is 2.67 bits per heavy atom. The summed E-state index contributed by atoms with van der Waals surface area (Å²) in [5.74, 6) is 0.617. The van der Waals surface area contributed by atoms with E-state index >= 15 is 0 Å². The molecule has 0 saturated heterocycles. The number of H-pyrrole nitrogens is 1. The highest BCUT2D eigenvalue weighted by atomic mass is 16.5. The molecule has 5 nitrogen and oxygen atoms in total. The topological polar surface area (TPSA) is 66.5 Å². The van der Waals surface area contributed by atoms with Gasteiger partial charge in [-0.2, -0.15) is 5.10 Å². The van der Waals surface area contributed by atoms with Crippen molar-refractivity contribution in [3.8, 4) is 5.75 Å². The van der Waals surface area contributed by atoms with Gasteiger partial charge in [0.1, 0.15) is 11.4 Å². The molecule has 21 heavy (non-hydrogen) atoms. The highest BCUT2D eigenvalue weighted by Crippen LogP contribution is 2.12. The summed E-state index contributed by atoms with van der Waals surface area (Å²) >= 11 is 0. The molecule has 0 unspecified atom stereocenters. The van der Waals surface area contributed by atoms with Gasteiger partial charge in [-0.15, -0.1) is 0 Å². The lowest BCUT2D eigenvalue weighted by Crippen LogP contribution is -2.19. The van der Waals surface area contributed by atoms with E-state index in [-0.39, 0.29) is 5.91 Å². The van der Waals surface area contributed by atoms with Gasteiger partial charge in [-0.1, -0.05) is 12.1 Å². The first kappa shape index (κ1) is 14.8. The van der Waals surface area contributed by atoms with Crippen molar-refractivity contribution >= 4 is 11.6 Å². The lowest BCUT2D eigenvalue weighted by Gasteiger charge is -2.04. The fourth-order valence-corrected chi connectivity index (χ4v) is 1.85. The Bertz CT molecular complexity index is 601. The molecule has 1 heterocycles. The number of hydrogen-bond acceptors (Lipinski definition) is 3. The average Bonchev–Trinajstić information content (AvgIpc) is 3.05. The van der Waals surface area contributed by atoms with Crippen LogP contribution < -0.4 is 10.2 Å². The van der Waals surface area contributed by atoms with E-state index in [4.69, 9.17) is 4.74 Å². The Morgan fingerprint density at radius 1 is 1.29 bits per heavy atom. The van der Waals surface area contributed by atoms with Gasteiger partial charge in [0, 0.05) is 11.9 Å². The monoisotopic (exact) mass is 285 g/mol. The van der Waals surface area contributed by atoms with E-state index in [2.05, 4.69) is 15.5 Å². The third-order valence-electron chi connectivity index (χ3n) is 3.13. The van der Waals surface area contributed by atoms with Crippen LogP contribution in [0, 0.1) is 0 Å². The molecule has 2 aromatic rings. The lowest BCUT2D eigenvalue weighted by molar-refractivity contribution is 0.0950. The molecule has 0 spiro atoms. The van der Waals surface area contributed by atoms with E-state index < -0.39 is 0 Å². The largest absolute Gasteiger partial charge is 0.497 e. The first-order valence-corrected chi connectivity index (χ1v) is 6.79. The van der Waals surface area contributed by atoms with Gasteiger partial charge in [0.15, 0.2) is 0 Å². The Morgan fingerprint density at radius 2 is 2.05 bits per heavy atom. The standard InChI is InChI=1S/C16H19N3O2/c1-12(18-19-16(20)15-4-3-11-17-15)5-6-13-7-9-14(21-2)10-8-13/h3-4,7-11,17H,5-6H2,1-2H3,(H,19,20)/b18-12-. The van der Waals surface area contributed by atoms with E-state index in [1.54, 1.807) is 25.4 Å². The molecular weight excluding hydrogens is 266 g/mol. The zero-order chi connectivity index (χ0) is 15.1. The quantitative estimate of drug-likeness (QED) is 0.633. The van der Waals surface area contributed by atoms with Crippen molar-refractivity contribution < 1.29 is 9.53 Å². The van der Waals surface area contributed by atoms with Crippen LogP contribution in [0.1, 0.15) is 29.4 Å². The molecule has 0 aliphatic rings. The number of amides is 1. The molecule has 0 atom stereocenters. The average molecular weight is 285 g/mol. The smallest absolute Gasteiger partial charge is 0.287 e. The molecular formula is C16H19N3O2. The predicted molar refractivity (Wildman–Crippen MR) is 82.7 cm³/mol. The van der Waals surface area contributed by atoms with E-state index in [0.29, 0.717) is 5.69 Å². The maximum absolute atomic E-state index is 11.7. The van der Waals surface area contributed by atoms with Crippen molar-refractivity contribution in [2.24, 2.45) is 5.10 Å². The van der Waals surface area contributed by atoms with E-state index in [1.165, 1.54) is 5.56 Å². The van der Waals surface area contributed by atoms with Gasteiger partial charge < -0.3 is 9.72 Å². The van der Waals surface area contributed by atoms with Gasteiger partial charge in [-0.25, -0.2) is 5.43 Å². The summed E-state index contributed by atoms with van der Waals surface area (Å²) in [5, 5.41) is 4.10. The van der Waals surface area contributed by atoms with Crippen molar-refractivity contribution in [2.75, 3.05) is 7.11 Å². The third-order valence-corrected chi connectivity index (χ3v) is 3.13. The Labute approximate surface area is 124 Å². The second-order valence-corrected chi connectivity index (χ2v) is 4.72. The number of hydrazone groups is 1. The Kier molecular flexibility index (Phi) is 5.15. The minimum absolute atomic E-state index is 0.233. The van der Waals surface area contributed by atoms with Crippen molar-refractivity contribution in [3.63, 3.8) is 0 Å². The minimum Gasteiger partial charge on any atom is -0.497 e. The zero-order valence-electron chi connectivity index (χ0n) is 12.2. The summed E-state index contributed by atoms with van der Waals surface area (Å²) in [6.07, 6.45) is 3.37. The number of methoxy groups -OCH3 is 1. The number of rotatable bonds is 6. The molecule has 0 radical (unpaired) electrons. The van der Waals surface area contributed by atoms with Crippen molar-refractivity contribution in [1.82, 2.24) is 10.4 Å². The Balaban J connectivity index is 1.81. The number of benzene rings is 1. The van der Waals surface area contributed by atoms with Crippen LogP contribution in [-0.2, 0) is 6.42 Å². The summed E-state index contributed by atoms with van der Waals surface area (Å²) in [6.45, 7) is 1.90. The molecule has 2 N–H and O–H groups in total. The Hall–Kier alpha value is -2.56. The summed E-state index contributed by atoms with van der Waals surface area (Å²) in [5.41, 5.74) is 5.13. The van der Waals surface area contributed by atoms with Crippen LogP contribution in [-0.4, -0.2) is 23.7 Å². The maximum Gasteiger partial charge on any atom is 0.287 e. The number of aromatic nitrogens is 1. The van der Waals surface area contributed by atoms with Gasteiger partial charge in [0.2, 0.25) is 0 Å². The van der Waals surface area contributed by atoms with Crippen molar-refractivity contribution in [3.05, 3.63) is 53.9 Å². The minimum atomic E-state index is -0.233. The molecule has 5 heteroatoms. The number of carbonyl (C=O) groups is 1. The normalized spacial score (nSPS) is 11.2. The van der Waals surface area contributed by atoms with Crippen LogP contribution in [0.5, 0.6) is 5.75 Å². The lowest BCUT2D eigenvalue weighted by atomic mass is 10.1. The third kappa shape index (κ3) is 4.49. The summed E-state index contributed by atoms with van der Waals surface area (Å²) < 4.78 is 5.12. The van der Waals surface area contributed by atoms with Gasteiger partial charge in [0.05, 0.1) is 7.11 Å². The first-order chi connectivity index (χ1) is 10.2. The first-order valence-electron chi connectivity index (χ1n) is 6.79. The summed E-state index contributed by atoms with van der Waals surface area (Å²) in [6, 6.07) is 11.4. The number of hydrogen-bond donors (Lipinski definition) is 2. The molecule has 0 bridgehead atoms. The summed E-state index contributed by atoms with van der Waals surface area (Å²) in [7, 11) is 1.65. The highest BCUT2D eigenvalue weighted by molar-refractivity contribution is 5.93. The highest BCUT2D eigenvalue weighted by Gasteiger charge is 2.04. The van der Waals surface area contributed by atoms with E-state index in [9.17, 15) is 4.79 Å². The van der Waals surface area contributed by atoms with Crippen molar-refractivity contribution in [1.29, 1.82) is 0 Å². The van der Waals surface area contributed by atoms with Gasteiger partial charge >= 0.3 is 0 Å². The number of nitrogens with zero attached hydrogens (tertiary/aromatic N) is 1. The van der Waals surface area contributed by atoms with Crippen LogP contribution >= 0.6 is 0 Å². The van der Waals surface area contributed by atoms with Gasteiger partial charge in [-0.05, 0) is 49.6 Å². The SMILES string of the molecule is COc1ccc(CC/C(C)=N\NC(=O)c2ccc[nH]2)cc1. The van der Waals surface area contributed by atoms with E-state index in [1.807, 2.05) is 31.2 Å².